The van der Waals surface area contributed by atoms with Crippen molar-refractivity contribution in [3.8, 4) is 5.75 Å². The molecule has 0 saturated carbocycles. The van der Waals surface area contributed by atoms with Gasteiger partial charge in [-0.15, -0.1) is 0 Å². The Morgan fingerprint density at radius 3 is 2.14 bits per heavy atom. The van der Waals surface area contributed by atoms with E-state index in [2.05, 4.69) is 65.9 Å². The molecule has 0 unspecified atom stereocenters. The number of hydrogen-bond donors (Lipinski definition) is 1. The molecule has 0 radical (unpaired) electrons. The van der Waals surface area contributed by atoms with Gasteiger partial charge < -0.3 is 10.1 Å². The molecule has 0 saturated heterocycles. The smallest absolute Gasteiger partial charge is 0.125 e. The van der Waals surface area contributed by atoms with Crippen molar-refractivity contribution in [3.05, 3.63) is 28.8 Å². The van der Waals surface area contributed by atoms with E-state index in [0.29, 0.717) is 11.3 Å². The van der Waals surface area contributed by atoms with Gasteiger partial charge in [-0.05, 0) is 54.8 Å². The molecule has 0 atom stereocenters. The maximum Gasteiger partial charge on any atom is 0.125 e. The highest BCUT2D eigenvalue weighted by atomic mass is 16.5. The second-order valence-corrected chi connectivity index (χ2v) is 7.74. The van der Waals surface area contributed by atoms with Gasteiger partial charge in [-0.3, -0.25) is 0 Å². The number of aryl methyl sites for hydroxylation is 2. The molecule has 120 valence electrons. The van der Waals surface area contributed by atoms with E-state index >= 15 is 0 Å². The van der Waals surface area contributed by atoms with Crippen LogP contribution in [0.3, 0.4) is 0 Å². The lowest BCUT2D eigenvalue weighted by Crippen LogP contribution is -2.19. The van der Waals surface area contributed by atoms with Gasteiger partial charge in [-0.1, -0.05) is 46.8 Å². The lowest BCUT2D eigenvalue weighted by molar-refractivity contribution is 0.240. The molecule has 0 aromatic heterocycles. The molecule has 1 N–H and O–H groups in total. The summed E-state index contributed by atoms with van der Waals surface area (Å²) in [7, 11) is 0. The highest BCUT2D eigenvalue weighted by molar-refractivity contribution is 5.43. The van der Waals surface area contributed by atoms with E-state index in [0.717, 1.165) is 31.9 Å². The van der Waals surface area contributed by atoms with E-state index in [9.17, 15) is 0 Å². The molecule has 0 aliphatic heterocycles. The van der Waals surface area contributed by atoms with Gasteiger partial charge in [0.25, 0.3) is 0 Å². The highest BCUT2D eigenvalue weighted by Gasteiger charge is 2.12. The van der Waals surface area contributed by atoms with Crippen molar-refractivity contribution in [3.63, 3.8) is 0 Å². The van der Waals surface area contributed by atoms with Gasteiger partial charge in [-0.25, -0.2) is 0 Å². The summed E-state index contributed by atoms with van der Waals surface area (Å²) in [6.45, 7) is 18.3. The maximum absolute atomic E-state index is 6.02. The van der Waals surface area contributed by atoms with E-state index in [1.165, 1.54) is 16.7 Å². The van der Waals surface area contributed by atoms with E-state index in [4.69, 9.17) is 4.74 Å². The molecule has 0 aliphatic rings. The minimum atomic E-state index is 0.322. The lowest BCUT2D eigenvalue weighted by atomic mass is 9.93. The van der Waals surface area contributed by atoms with Crippen molar-refractivity contribution in [2.75, 3.05) is 13.2 Å². The molecule has 0 bridgehead atoms. The van der Waals surface area contributed by atoms with Crippen LogP contribution in [0, 0.1) is 25.2 Å². The SMILES string of the molecule is Cc1cc(CNCC(C)C)cc(C)c1OCCC(C)(C)C. The zero-order valence-corrected chi connectivity index (χ0v) is 15.0. The fourth-order valence-corrected chi connectivity index (χ4v) is 2.33. The second-order valence-electron chi connectivity index (χ2n) is 7.74. The van der Waals surface area contributed by atoms with Crippen LogP contribution in [0.4, 0.5) is 0 Å². The molecule has 0 fully saturated rings. The van der Waals surface area contributed by atoms with E-state index in [1.807, 2.05) is 0 Å². The molecule has 2 heteroatoms. The number of ether oxygens (including phenoxy) is 1. The summed E-state index contributed by atoms with van der Waals surface area (Å²) < 4.78 is 6.02. The summed E-state index contributed by atoms with van der Waals surface area (Å²) in [6, 6.07) is 4.49. The molecular weight excluding hydrogens is 258 g/mol. The Kier molecular flexibility index (Phi) is 6.73. The van der Waals surface area contributed by atoms with Crippen LogP contribution in [0.2, 0.25) is 0 Å². The summed E-state index contributed by atoms with van der Waals surface area (Å²) >= 11 is 0. The van der Waals surface area contributed by atoms with Crippen LogP contribution in [0.25, 0.3) is 0 Å². The molecule has 0 aliphatic carbocycles. The van der Waals surface area contributed by atoms with Gasteiger partial charge in [0.2, 0.25) is 0 Å². The van der Waals surface area contributed by atoms with Gasteiger partial charge in [0.05, 0.1) is 6.61 Å². The normalized spacial score (nSPS) is 12.0. The van der Waals surface area contributed by atoms with Gasteiger partial charge in [0, 0.05) is 6.54 Å². The molecule has 0 amide bonds. The summed E-state index contributed by atoms with van der Waals surface area (Å²) in [5, 5.41) is 3.50. The highest BCUT2D eigenvalue weighted by Crippen LogP contribution is 2.26. The van der Waals surface area contributed by atoms with Gasteiger partial charge in [0.15, 0.2) is 0 Å². The molecular formula is C19H33NO. The van der Waals surface area contributed by atoms with Crippen molar-refractivity contribution in [2.45, 2.75) is 61.4 Å². The number of benzene rings is 1. The molecule has 1 aromatic carbocycles. The summed E-state index contributed by atoms with van der Waals surface area (Å²) in [4.78, 5) is 0. The van der Waals surface area contributed by atoms with Crippen molar-refractivity contribution in [1.82, 2.24) is 5.32 Å². The number of nitrogens with one attached hydrogen (secondary N) is 1. The number of rotatable bonds is 7. The minimum Gasteiger partial charge on any atom is -0.493 e. The van der Waals surface area contributed by atoms with Gasteiger partial charge >= 0.3 is 0 Å². The van der Waals surface area contributed by atoms with Crippen LogP contribution in [0.15, 0.2) is 12.1 Å². The van der Waals surface area contributed by atoms with Crippen LogP contribution >= 0.6 is 0 Å². The van der Waals surface area contributed by atoms with Crippen molar-refractivity contribution < 1.29 is 4.74 Å². The first-order chi connectivity index (χ1) is 9.69. The Morgan fingerprint density at radius 2 is 1.67 bits per heavy atom. The summed E-state index contributed by atoms with van der Waals surface area (Å²) in [6.07, 6.45) is 1.07. The standard InChI is InChI=1S/C19H33NO/c1-14(2)12-20-13-17-10-15(3)18(16(4)11-17)21-9-8-19(5,6)7/h10-11,14,20H,8-9,12-13H2,1-7H3. The molecule has 21 heavy (non-hydrogen) atoms. The van der Waals surface area contributed by atoms with Crippen LogP contribution in [0.1, 0.15) is 57.7 Å². The zero-order chi connectivity index (χ0) is 16.0. The molecule has 1 rings (SSSR count). The van der Waals surface area contributed by atoms with Crippen molar-refractivity contribution in [2.24, 2.45) is 11.3 Å². The van der Waals surface area contributed by atoms with Crippen LogP contribution < -0.4 is 10.1 Å². The minimum absolute atomic E-state index is 0.322. The van der Waals surface area contributed by atoms with E-state index in [-0.39, 0.29) is 0 Å². The fraction of sp³-hybridized carbons (Fsp3) is 0.684. The fourth-order valence-electron chi connectivity index (χ4n) is 2.33. The maximum atomic E-state index is 6.02. The third kappa shape index (κ3) is 6.99. The average Bonchev–Trinajstić information content (AvgIpc) is 2.31. The average molecular weight is 291 g/mol. The first-order valence-electron chi connectivity index (χ1n) is 8.12. The zero-order valence-electron chi connectivity index (χ0n) is 15.0. The monoisotopic (exact) mass is 291 g/mol. The van der Waals surface area contributed by atoms with E-state index < -0.39 is 0 Å². The molecule has 0 spiro atoms. The Morgan fingerprint density at radius 1 is 1.10 bits per heavy atom. The first-order valence-corrected chi connectivity index (χ1v) is 8.12. The predicted octanol–water partition coefficient (Wildman–Crippen LogP) is 4.86. The predicted molar refractivity (Wildman–Crippen MR) is 92.0 cm³/mol. The van der Waals surface area contributed by atoms with Gasteiger partial charge in [0.1, 0.15) is 5.75 Å². The molecule has 1 aromatic rings. The first kappa shape index (κ1) is 18.0. The van der Waals surface area contributed by atoms with Crippen molar-refractivity contribution in [1.29, 1.82) is 0 Å². The number of hydrogen-bond acceptors (Lipinski definition) is 2. The molecule has 0 heterocycles. The Labute approximate surface area is 131 Å². The van der Waals surface area contributed by atoms with E-state index in [1.54, 1.807) is 0 Å². The van der Waals surface area contributed by atoms with Crippen LogP contribution in [-0.4, -0.2) is 13.2 Å². The topological polar surface area (TPSA) is 21.3 Å². The second kappa shape index (κ2) is 7.84. The third-order valence-electron chi connectivity index (χ3n) is 3.50. The largest absolute Gasteiger partial charge is 0.493 e. The quantitative estimate of drug-likeness (QED) is 0.774. The summed E-state index contributed by atoms with van der Waals surface area (Å²) in [5.41, 5.74) is 4.15. The van der Waals surface area contributed by atoms with Crippen LogP contribution in [0.5, 0.6) is 5.75 Å². The van der Waals surface area contributed by atoms with Crippen molar-refractivity contribution >= 4 is 0 Å². The summed E-state index contributed by atoms with van der Waals surface area (Å²) in [5.74, 6) is 1.75. The Hall–Kier alpha value is -1.02. The lowest BCUT2D eigenvalue weighted by Gasteiger charge is -2.20. The third-order valence-corrected chi connectivity index (χ3v) is 3.50. The Balaban J connectivity index is 2.62. The molecule has 2 nitrogen and oxygen atoms in total. The van der Waals surface area contributed by atoms with Gasteiger partial charge in [-0.2, -0.15) is 0 Å². The Bertz CT molecular complexity index is 420. The van der Waals surface area contributed by atoms with Crippen LogP contribution in [-0.2, 0) is 6.54 Å².